The van der Waals surface area contributed by atoms with Crippen molar-refractivity contribution < 1.29 is 30.6 Å². The maximum atomic E-state index is 14.4. The van der Waals surface area contributed by atoms with E-state index in [4.69, 9.17) is 0 Å². The first-order chi connectivity index (χ1) is 13.5. The zero-order valence-corrected chi connectivity index (χ0v) is 15.7. The molecule has 0 fully saturated rings. The first-order valence-electron chi connectivity index (χ1n) is 8.23. The van der Waals surface area contributed by atoms with Crippen molar-refractivity contribution in [2.75, 3.05) is 10.8 Å². The van der Waals surface area contributed by atoms with Gasteiger partial charge in [-0.15, -0.1) is 0 Å². The van der Waals surface area contributed by atoms with E-state index in [0.717, 1.165) is 17.1 Å². The second-order valence-electron chi connectivity index (χ2n) is 6.35. The Hall–Kier alpha value is -2.40. The van der Waals surface area contributed by atoms with E-state index in [0.29, 0.717) is 5.69 Å². The van der Waals surface area contributed by atoms with Crippen molar-refractivity contribution in [1.82, 2.24) is 10.4 Å². The van der Waals surface area contributed by atoms with E-state index in [1.54, 1.807) is 0 Å². The monoisotopic (exact) mass is 435 g/mol. The van der Waals surface area contributed by atoms with Crippen LogP contribution in [0.15, 0.2) is 65.5 Å². The van der Waals surface area contributed by atoms with Gasteiger partial charge < -0.3 is 0 Å². The maximum Gasteiger partial charge on any atom is 0.416 e. The molecule has 2 atom stereocenters. The highest BCUT2D eigenvalue weighted by atomic mass is 32.2. The molecule has 2 unspecified atom stereocenters. The van der Waals surface area contributed by atoms with Crippen LogP contribution in [0.1, 0.15) is 12.5 Å². The van der Waals surface area contributed by atoms with Crippen LogP contribution in [0, 0.1) is 0 Å². The molecular weight excluding hydrogens is 420 g/mol. The normalized spacial score (nSPS) is 21.2. The Morgan fingerprint density at radius 3 is 2.38 bits per heavy atom. The first kappa shape index (κ1) is 21.3. The number of hydrogen-bond acceptors (Lipinski definition) is 4. The van der Waals surface area contributed by atoms with Crippen molar-refractivity contribution >= 4 is 16.5 Å². The third kappa shape index (κ3) is 4.01. The molecule has 1 aliphatic rings. The molecule has 0 bridgehead atoms. The molecule has 3 rings (SSSR count). The summed E-state index contributed by atoms with van der Waals surface area (Å²) in [5, 5.41) is 1.10. The minimum atomic E-state index is -4.94. The van der Waals surface area contributed by atoms with Gasteiger partial charge in [-0.05, 0) is 30.7 Å². The molecule has 1 N–H and O–H groups in total. The number of hydrogen-bond donors (Lipinski definition) is 1. The highest BCUT2D eigenvalue weighted by molar-refractivity contribution is 7.85. The lowest BCUT2D eigenvalue weighted by Gasteiger charge is -2.36. The third-order valence-corrected chi connectivity index (χ3v) is 5.82. The number of nitrogens with one attached hydrogen (secondary N) is 1. The molecule has 4 nitrogen and oxygen atoms in total. The van der Waals surface area contributed by atoms with E-state index in [2.05, 4.69) is 10.4 Å². The number of anilines is 1. The summed E-state index contributed by atoms with van der Waals surface area (Å²) in [4.78, 5) is 3.33. The first-order valence-corrected chi connectivity index (χ1v) is 9.55. The molecular formula is C18H15F6N3OS. The molecule has 1 aromatic heterocycles. The lowest BCUT2D eigenvalue weighted by molar-refractivity contribution is -0.187. The highest BCUT2D eigenvalue weighted by Gasteiger charge is 2.61. The molecule has 0 radical (unpaired) electrons. The van der Waals surface area contributed by atoms with Crippen LogP contribution in [-0.4, -0.2) is 27.3 Å². The van der Waals surface area contributed by atoms with Crippen molar-refractivity contribution in [3.05, 3.63) is 66.1 Å². The fourth-order valence-electron chi connectivity index (χ4n) is 3.14. The largest absolute Gasteiger partial charge is 0.416 e. The van der Waals surface area contributed by atoms with Gasteiger partial charge in [-0.1, -0.05) is 18.2 Å². The van der Waals surface area contributed by atoms with Crippen molar-refractivity contribution in [3.8, 4) is 0 Å². The average molecular weight is 435 g/mol. The van der Waals surface area contributed by atoms with E-state index in [-0.39, 0.29) is 5.57 Å². The minimum absolute atomic E-state index is 0.217. The van der Waals surface area contributed by atoms with Crippen molar-refractivity contribution in [3.63, 3.8) is 0 Å². The minimum Gasteiger partial charge on any atom is -0.281 e. The number of hydrazine groups is 1. The van der Waals surface area contributed by atoms with Crippen molar-refractivity contribution in [2.24, 2.45) is 0 Å². The molecule has 0 amide bonds. The predicted molar refractivity (Wildman–Crippen MR) is 95.1 cm³/mol. The maximum absolute atomic E-state index is 14.4. The van der Waals surface area contributed by atoms with Gasteiger partial charge in [0.1, 0.15) is 5.75 Å². The van der Waals surface area contributed by atoms with Crippen molar-refractivity contribution in [1.29, 1.82) is 0 Å². The number of aromatic nitrogens is 1. The van der Waals surface area contributed by atoms with Gasteiger partial charge in [-0.3, -0.25) is 14.2 Å². The number of halogens is 6. The Balaban J connectivity index is 2.13. The predicted octanol–water partition coefficient (Wildman–Crippen LogP) is 4.44. The van der Waals surface area contributed by atoms with Crippen LogP contribution in [0.25, 0.3) is 0 Å². The third-order valence-electron chi connectivity index (χ3n) is 4.38. The lowest BCUT2D eigenvalue weighted by Crippen LogP contribution is -2.56. The summed E-state index contributed by atoms with van der Waals surface area (Å²) in [6.45, 7) is 1.21. The lowest BCUT2D eigenvalue weighted by atomic mass is 9.84. The van der Waals surface area contributed by atoms with E-state index in [1.165, 1.54) is 49.8 Å². The Morgan fingerprint density at radius 2 is 1.79 bits per heavy atom. The van der Waals surface area contributed by atoms with Crippen LogP contribution in [0.4, 0.5) is 32.0 Å². The fourth-order valence-corrected chi connectivity index (χ4v) is 4.29. The summed E-state index contributed by atoms with van der Waals surface area (Å²) in [6, 6.07) is 7.62. The van der Waals surface area contributed by atoms with E-state index in [9.17, 15) is 30.6 Å². The van der Waals surface area contributed by atoms with Gasteiger partial charge in [0.05, 0.1) is 22.7 Å². The van der Waals surface area contributed by atoms with Crippen LogP contribution in [0.5, 0.6) is 0 Å². The molecule has 156 valence electrons. The van der Waals surface area contributed by atoms with Gasteiger partial charge in [-0.2, -0.15) is 26.3 Å². The number of benzene rings is 1. The SMILES string of the molecule is CC1=CN(c2cccnc2)NC1(c1ccccc1S(=O)CC(F)(F)F)C(F)(F)F. The highest BCUT2D eigenvalue weighted by Crippen LogP contribution is 2.49. The number of nitrogens with zero attached hydrogens (tertiary/aromatic N) is 2. The number of alkyl halides is 6. The van der Waals surface area contributed by atoms with Gasteiger partial charge in [-0.25, -0.2) is 5.43 Å². The molecule has 0 saturated heterocycles. The Morgan fingerprint density at radius 1 is 1.10 bits per heavy atom. The van der Waals surface area contributed by atoms with Crippen LogP contribution in [0.2, 0.25) is 0 Å². The molecule has 2 heterocycles. The van der Waals surface area contributed by atoms with Gasteiger partial charge in [0.2, 0.25) is 0 Å². The molecule has 1 aromatic carbocycles. The smallest absolute Gasteiger partial charge is 0.281 e. The van der Waals surface area contributed by atoms with E-state index >= 15 is 0 Å². The second-order valence-corrected chi connectivity index (χ2v) is 7.77. The molecule has 0 spiro atoms. The zero-order chi connectivity index (χ0) is 21.4. The van der Waals surface area contributed by atoms with Gasteiger partial charge >= 0.3 is 12.4 Å². The Bertz CT molecular complexity index is 945. The number of rotatable bonds is 4. The Labute approximate surface area is 164 Å². The van der Waals surface area contributed by atoms with Crippen LogP contribution >= 0.6 is 0 Å². The van der Waals surface area contributed by atoms with Gasteiger partial charge in [0, 0.05) is 22.9 Å². The van der Waals surface area contributed by atoms with Crippen molar-refractivity contribution in [2.45, 2.75) is 29.7 Å². The van der Waals surface area contributed by atoms with Gasteiger partial charge in [0.25, 0.3) is 0 Å². The summed E-state index contributed by atoms with van der Waals surface area (Å²) in [5.41, 5.74) is -0.967. The van der Waals surface area contributed by atoms with Crippen LogP contribution < -0.4 is 10.4 Å². The number of pyridine rings is 1. The molecule has 2 aromatic rings. The van der Waals surface area contributed by atoms with Crippen LogP contribution in [-0.2, 0) is 16.3 Å². The topological polar surface area (TPSA) is 45.2 Å². The van der Waals surface area contributed by atoms with E-state index < -0.39 is 44.9 Å². The Kier molecular flexibility index (Phi) is 5.48. The average Bonchev–Trinajstić information content (AvgIpc) is 2.99. The summed E-state index contributed by atoms with van der Waals surface area (Å²) in [6.07, 6.45) is -5.77. The van der Waals surface area contributed by atoms with Gasteiger partial charge in [0.15, 0.2) is 5.54 Å². The summed E-state index contributed by atoms with van der Waals surface area (Å²) in [5.74, 6) is -1.74. The van der Waals surface area contributed by atoms with E-state index in [1.807, 2.05) is 0 Å². The fraction of sp³-hybridized carbons (Fsp3) is 0.278. The molecule has 0 saturated carbocycles. The molecule has 29 heavy (non-hydrogen) atoms. The summed E-state index contributed by atoms with van der Waals surface area (Å²) >= 11 is 0. The summed E-state index contributed by atoms with van der Waals surface area (Å²) in [7, 11) is -2.71. The quantitative estimate of drug-likeness (QED) is 0.722. The zero-order valence-electron chi connectivity index (χ0n) is 14.9. The standard InChI is InChI=1S/C18H15F6N3OS/c1-12-10-27(13-5-4-8-25-9-13)26-17(12,18(22,23)24)14-6-2-3-7-15(14)29(28)11-16(19,20)21/h2-10,26H,11H2,1H3. The summed E-state index contributed by atoms with van der Waals surface area (Å²) < 4.78 is 93.6. The molecule has 0 aliphatic carbocycles. The van der Waals surface area contributed by atoms with Crippen LogP contribution in [0.3, 0.4) is 0 Å². The molecule has 1 aliphatic heterocycles. The molecule has 11 heteroatoms. The second kappa shape index (κ2) is 7.45.